The minimum atomic E-state index is -0.623. The molecule has 1 aliphatic rings. The zero-order valence-electron chi connectivity index (χ0n) is 15.7. The molecule has 1 heterocycles. The van der Waals surface area contributed by atoms with Crippen molar-refractivity contribution in [3.63, 3.8) is 0 Å². The molecule has 1 atom stereocenters. The van der Waals surface area contributed by atoms with Gasteiger partial charge in [0.15, 0.2) is 5.96 Å². The van der Waals surface area contributed by atoms with Crippen molar-refractivity contribution in [2.75, 3.05) is 19.6 Å². The highest BCUT2D eigenvalue weighted by molar-refractivity contribution is 7.19. The highest BCUT2D eigenvalue weighted by Gasteiger charge is 2.22. The number of aliphatic imine (C=N–C) groups is 1. The third-order valence-electron chi connectivity index (χ3n) is 4.36. The fourth-order valence-electron chi connectivity index (χ4n) is 2.76. The Morgan fingerprint density at radius 3 is 2.89 bits per heavy atom. The van der Waals surface area contributed by atoms with Gasteiger partial charge in [-0.2, -0.15) is 0 Å². The third-order valence-corrected chi connectivity index (χ3v) is 5.57. The zero-order chi connectivity index (χ0) is 19.1. The SMILES string of the molecule is CCNC(=NCC(O)c1cc2ccccc2s1)NCCCC(=O)NC1CC1. The van der Waals surface area contributed by atoms with E-state index in [1.54, 1.807) is 11.3 Å². The van der Waals surface area contributed by atoms with Crippen molar-refractivity contribution in [1.29, 1.82) is 0 Å². The molecule has 146 valence electrons. The maximum atomic E-state index is 11.7. The van der Waals surface area contributed by atoms with E-state index in [4.69, 9.17) is 0 Å². The van der Waals surface area contributed by atoms with Crippen LogP contribution in [0.2, 0.25) is 0 Å². The number of nitrogens with zero attached hydrogens (tertiary/aromatic N) is 1. The van der Waals surface area contributed by atoms with Crippen molar-refractivity contribution in [2.24, 2.45) is 4.99 Å². The summed E-state index contributed by atoms with van der Waals surface area (Å²) in [5.41, 5.74) is 0. The van der Waals surface area contributed by atoms with E-state index >= 15 is 0 Å². The monoisotopic (exact) mass is 388 g/mol. The van der Waals surface area contributed by atoms with E-state index in [2.05, 4.69) is 33.1 Å². The van der Waals surface area contributed by atoms with Crippen LogP contribution in [-0.2, 0) is 4.79 Å². The van der Waals surface area contributed by atoms with Gasteiger partial charge in [-0.3, -0.25) is 9.79 Å². The number of aliphatic hydroxyl groups excluding tert-OH is 1. The molecule has 1 unspecified atom stereocenters. The first-order valence-corrected chi connectivity index (χ1v) is 10.5. The first-order chi connectivity index (χ1) is 13.2. The molecule has 0 saturated heterocycles. The number of amides is 1. The molecule has 2 aromatic rings. The average molecular weight is 389 g/mol. The Morgan fingerprint density at radius 2 is 2.15 bits per heavy atom. The van der Waals surface area contributed by atoms with Gasteiger partial charge in [0.2, 0.25) is 5.91 Å². The second kappa shape index (κ2) is 9.71. The summed E-state index contributed by atoms with van der Waals surface area (Å²) in [4.78, 5) is 17.1. The number of hydrogen-bond acceptors (Lipinski definition) is 4. The van der Waals surface area contributed by atoms with Crippen molar-refractivity contribution in [3.8, 4) is 0 Å². The second-order valence-electron chi connectivity index (χ2n) is 6.79. The molecular formula is C20H28N4O2S. The van der Waals surface area contributed by atoms with Crippen molar-refractivity contribution in [2.45, 2.75) is 44.8 Å². The van der Waals surface area contributed by atoms with E-state index < -0.39 is 6.10 Å². The summed E-state index contributed by atoms with van der Waals surface area (Å²) in [6.45, 7) is 3.71. The van der Waals surface area contributed by atoms with Crippen LogP contribution >= 0.6 is 11.3 Å². The summed E-state index contributed by atoms with van der Waals surface area (Å²) in [6.07, 6.45) is 2.88. The standard InChI is InChI=1S/C20H28N4O2S/c1-2-21-20(22-11-5-8-19(26)24-15-9-10-15)23-13-16(25)18-12-14-6-3-4-7-17(14)27-18/h3-4,6-7,12,15-16,25H,2,5,8-11,13H2,1H3,(H,24,26)(H2,21,22,23). The van der Waals surface area contributed by atoms with Crippen LogP contribution in [0.15, 0.2) is 35.3 Å². The van der Waals surface area contributed by atoms with Crippen molar-refractivity contribution >= 4 is 33.3 Å². The largest absolute Gasteiger partial charge is 0.386 e. The van der Waals surface area contributed by atoms with Crippen LogP contribution in [0.5, 0.6) is 0 Å². The predicted octanol–water partition coefficient (Wildman–Crippen LogP) is 2.55. The molecule has 3 rings (SSSR count). The summed E-state index contributed by atoms with van der Waals surface area (Å²) in [5, 5.41) is 21.0. The van der Waals surface area contributed by atoms with Crippen molar-refractivity contribution in [3.05, 3.63) is 35.2 Å². The maximum absolute atomic E-state index is 11.7. The van der Waals surface area contributed by atoms with Crippen molar-refractivity contribution < 1.29 is 9.90 Å². The highest BCUT2D eigenvalue weighted by Crippen LogP contribution is 2.29. The molecular weight excluding hydrogens is 360 g/mol. The van der Waals surface area contributed by atoms with Crippen LogP contribution in [0.4, 0.5) is 0 Å². The molecule has 27 heavy (non-hydrogen) atoms. The number of benzene rings is 1. The topological polar surface area (TPSA) is 85.8 Å². The second-order valence-corrected chi connectivity index (χ2v) is 7.91. The van der Waals surface area contributed by atoms with Gasteiger partial charge >= 0.3 is 0 Å². The molecule has 1 saturated carbocycles. The summed E-state index contributed by atoms with van der Waals surface area (Å²) in [6, 6.07) is 10.6. The third kappa shape index (κ3) is 6.22. The smallest absolute Gasteiger partial charge is 0.220 e. The van der Waals surface area contributed by atoms with Gasteiger partial charge in [-0.15, -0.1) is 11.3 Å². The molecule has 0 radical (unpaired) electrons. The summed E-state index contributed by atoms with van der Waals surface area (Å²) in [5.74, 6) is 0.793. The number of guanidine groups is 1. The van der Waals surface area contributed by atoms with Gasteiger partial charge in [0.05, 0.1) is 6.54 Å². The average Bonchev–Trinajstić information content (AvgIpc) is 3.36. The Bertz CT molecular complexity index is 752. The Kier molecular flexibility index (Phi) is 7.06. The van der Waals surface area contributed by atoms with Gasteiger partial charge in [-0.1, -0.05) is 18.2 Å². The molecule has 0 spiro atoms. The van der Waals surface area contributed by atoms with Crippen LogP contribution in [-0.4, -0.2) is 42.6 Å². The van der Waals surface area contributed by atoms with E-state index in [1.807, 2.05) is 25.1 Å². The molecule has 1 fully saturated rings. The number of hydrogen-bond donors (Lipinski definition) is 4. The summed E-state index contributed by atoms with van der Waals surface area (Å²) >= 11 is 1.60. The van der Waals surface area contributed by atoms with Gasteiger partial charge in [0.1, 0.15) is 6.10 Å². The van der Waals surface area contributed by atoms with Crippen LogP contribution in [0.25, 0.3) is 10.1 Å². The predicted molar refractivity (Wildman–Crippen MR) is 111 cm³/mol. The van der Waals surface area contributed by atoms with Gasteiger partial charge in [-0.25, -0.2) is 0 Å². The van der Waals surface area contributed by atoms with Gasteiger partial charge in [-0.05, 0) is 43.7 Å². The van der Waals surface area contributed by atoms with Gasteiger partial charge in [0, 0.05) is 35.1 Å². The lowest BCUT2D eigenvalue weighted by Gasteiger charge is -2.12. The fourth-order valence-corrected chi connectivity index (χ4v) is 3.80. The molecule has 1 aromatic carbocycles. The van der Waals surface area contributed by atoms with Crippen LogP contribution in [0.3, 0.4) is 0 Å². The lowest BCUT2D eigenvalue weighted by Crippen LogP contribution is -2.38. The Morgan fingerprint density at radius 1 is 1.33 bits per heavy atom. The number of nitrogens with one attached hydrogen (secondary N) is 3. The van der Waals surface area contributed by atoms with Crippen molar-refractivity contribution in [1.82, 2.24) is 16.0 Å². The fraction of sp³-hybridized carbons (Fsp3) is 0.500. The molecule has 1 aliphatic carbocycles. The maximum Gasteiger partial charge on any atom is 0.220 e. The molecule has 7 heteroatoms. The molecule has 0 bridgehead atoms. The Hall–Kier alpha value is -2.12. The molecule has 6 nitrogen and oxygen atoms in total. The molecule has 4 N–H and O–H groups in total. The quantitative estimate of drug-likeness (QED) is 0.302. The van der Waals surface area contributed by atoms with E-state index in [-0.39, 0.29) is 5.91 Å². The first-order valence-electron chi connectivity index (χ1n) is 9.63. The Balaban J connectivity index is 1.46. The van der Waals surface area contributed by atoms with E-state index in [9.17, 15) is 9.90 Å². The van der Waals surface area contributed by atoms with E-state index in [0.29, 0.717) is 31.5 Å². The highest BCUT2D eigenvalue weighted by atomic mass is 32.1. The Labute approximate surface area is 164 Å². The summed E-state index contributed by atoms with van der Waals surface area (Å²) in [7, 11) is 0. The van der Waals surface area contributed by atoms with E-state index in [0.717, 1.165) is 36.1 Å². The van der Waals surface area contributed by atoms with Crippen LogP contribution in [0, 0.1) is 0 Å². The van der Waals surface area contributed by atoms with Gasteiger partial charge < -0.3 is 21.1 Å². The number of carbonyl (C=O) groups excluding carboxylic acids is 1. The number of aliphatic hydroxyl groups is 1. The number of thiophene rings is 1. The first kappa shape index (κ1) is 19.6. The molecule has 1 amide bonds. The molecule has 1 aromatic heterocycles. The lowest BCUT2D eigenvalue weighted by atomic mass is 10.2. The summed E-state index contributed by atoms with van der Waals surface area (Å²) < 4.78 is 1.17. The number of rotatable bonds is 9. The number of carbonyl (C=O) groups is 1. The van der Waals surface area contributed by atoms with Crippen LogP contribution in [0.1, 0.15) is 43.6 Å². The minimum Gasteiger partial charge on any atom is -0.386 e. The van der Waals surface area contributed by atoms with Gasteiger partial charge in [0.25, 0.3) is 0 Å². The van der Waals surface area contributed by atoms with Crippen LogP contribution < -0.4 is 16.0 Å². The lowest BCUT2D eigenvalue weighted by molar-refractivity contribution is -0.121. The normalized spacial score (nSPS) is 15.6. The minimum absolute atomic E-state index is 0.126. The molecule has 0 aliphatic heterocycles. The zero-order valence-corrected chi connectivity index (χ0v) is 16.5. The number of fused-ring (bicyclic) bond motifs is 1. The van der Waals surface area contributed by atoms with E-state index in [1.165, 1.54) is 4.70 Å².